The maximum atomic E-state index is 12.6. The number of benzene rings is 1. The first-order valence-electron chi connectivity index (χ1n) is 10.1. The van der Waals surface area contributed by atoms with Crippen LogP contribution in [0.5, 0.6) is 0 Å². The predicted octanol–water partition coefficient (Wildman–Crippen LogP) is 3.10. The largest absolute Gasteiger partial charge is 0.349 e. The van der Waals surface area contributed by atoms with Gasteiger partial charge in [0.05, 0.1) is 17.6 Å². The lowest BCUT2D eigenvalue weighted by Gasteiger charge is -2.21. The van der Waals surface area contributed by atoms with Crippen LogP contribution in [0.2, 0.25) is 0 Å². The van der Waals surface area contributed by atoms with Gasteiger partial charge in [-0.15, -0.1) is 0 Å². The molecule has 27 heavy (non-hydrogen) atoms. The van der Waals surface area contributed by atoms with E-state index in [-0.39, 0.29) is 24.3 Å². The number of carbonyl (C=O) groups is 2. The number of nitrogens with one attached hydrogen (secondary N) is 1. The number of rotatable bonds is 7. The highest BCUT2D eigenvalue weighted by Gasteiger charge is 2.22. The third-order valence-electron chi connectivity index (χ3n) is 5.54. The first-order chi connectivity index (χ1) is 13.1. The van der Waals surface area contributed by atoms with Crippen LogP contribution >= 0.6 is 0 Å². The summed E-state index contributed by atoms with van der Waals surface area (Å²) in [5.41, 5.74) is 1.78. The van der Waals surface area contributed by atoms with Gasteiger partial charge in [0.25, 0.3) is 0 Å². The third kappa shape index (κ3) is 4.49. The third-order valence-corrected chi connectivity index (χ3v) is 5.54. The molecule has 1 aliphatic carbocycles. The van der Waals surface area contributed by atoms with E-state index in [0.29, 0.717) is 19.6 Å². The Morgan fingerprint density at radius 1 is 1.15 bits per heavy atom. The number of para-hydroxylation sites is 2. The molecule has 1 aromatic carbocycles. The second-order valence-electron chi connectivity index (χ2n) is 7.22. The van der Waals surface area contributed by atoms with Crippen molar-refractivity contribution in [2.45, 2.75) is 59.0 Å². The molecule has 6 heteroatoms. The van der Waals surface area contributed by atoms with Crippen molar-refractivity contribution in [3.63, 3.8) is 0 Å². The van der Waals surface area contributed by atoms with E-state index in [0.717, 1.165) is 42.5 Å². The molecule has 1 aromatic heterocycles. The summed E-state index contributed by atoms with van der Waals surface area (Å²) in [5.74, 6) is 1.04. The molecule has 1 N–H and O–H groups in total. The average molecular weight is 370 g/mol. The summed E-state index contributed by atoms with van der Waals surface area (Å²) in [7, 11) is 0. The average Bonchev–Trinajstić information content (AvgIpc) is 3.05. The molecule has 0 unspecified atom stereocenters. The van der Waals surface area contributed by atoms with Gasteiger partial charge >= 0.3 is 0 Å². The minimum Gasteiger partial charge on any atom is -0.349 e. The molecule has 6 nitrogen and oxygen atoms in total. The fraction of sp³-hybridized carbons (Fsp3) is 0.571. The Morgan fingerprint density at radius 2 is 1.85 bits per heavy atom. The normalized spacial score (nSPS) is 15.0. The highest BCUT2D eigenvalue weighted by Crippen LogP contribution is 2.24. The second-order valence-corrected chi connectivity index (χ2v) is 7.22. The highest BCUT2D eigenvalue weighted by atomic mass is 16.2. The summed E-state index contributed by atoms with van der Waals surface area (Å²) < 4.78 is 1.94. The van der Waals surface area contributed by atoms with Gasteiger partial charge in [0.1, 0.15) is 12.4 Å². The molecule has 146 valence electrons. The Morgan fingerprint density at radius 3 is 2.56 bits per heavy atom. The standard InChI is InChI=1S/C21H30N4O2/c1-3-24(4-2)20(26)15-25-18-13-9-8-12-17(18)23-19(25)14-22-21(27)16-10-6-5-7-11-16/h8-9,12-13,16H,3-7,10-11,14-15H2,1-2H3,(H,22,27). The molecule has 1 heterocycles. The molecule has 0 bridgehead atoms. The number of hydrogen-bond donors (Lipinski definition) is 1. The lowest BCUT2D eigenvalue weighted by atomic mass is 9.89. The summed E-state index contributed by atoms with van der Waals surface area (Å²) >= 11 is 0. The summed E-state index contributed by atoms with van der Waals surface area (Å²) in [5, 5.41) is 3.05. The van der Waals surface area contributed by atoms with E-state index in [1.54, 1.807) is 0 Å². The van der Waals surface area contributed by atoms with E-state index in [2.05, 4.69) is 10.3 Å². The number of imidazole rings is 1. The van der Waals surface area contributed by atoms with Gasteiger partial charge in [0, 0.05) is 19.0 Å². The van der Waals surface area contributed by atoms with E-state index in [4.69, 9.17) is 0 Å². The molecule has 2 amide bonds. The maximum absolute atomic E-state index is 12.6. The van der Waals surface area contributed by atoms with Crippen LogP contribution in [0.3, 0.4) is 0 Å². The Balaban J connectivity index is 1.77. The van der Waals surface area contributed by atoms with E-state index in [1.807, 2.05) is 47.6 Å². The van der Waals surface area contributed by atoms with Crippen molar-refractivity contribution in [3.8, 4) is 0 Å². The highest BCUT2D eigenvalue weighted by molar-refractivity contribution is 5.82. The number of nitrogens with zero attached hydrogens (tertiary/aromatic N) is 3. The van der Waals surface area contributed by atoms with Crippen molar-refractivity contribution in [2.75, 3.05) is 13.1 Å². The lowest BCUT2D eigenvalue weighted by Crippen LogP contribution is -2.35. The van der Waals surface area contributed by atoms with Gasteiger partial charge in [-0.05, 0) is 38.8 Å². The van der Waals surface area contributed by atoms with Crippen LogP contribution in [-0.4, -0.2) is 39.4 Å². The predicted molar refractivity (Wildman–Crippen MR) is 106 cm³/mol. The number of amides is 2. The molecule has 1 fully saturated rings. The fourth-order valence-corrected chi connectivity index (χ4v) is 3.92. The number of hydrogen-bond acceptors (Lipinski definition) is 3. The zero-order chi connectivity index (χ0) is 19.2. The van der Waals surface area contributed by atoms with E-state index in [9.17, 15) is 9.59 Å². The Kier molecular flexibility index (Phi) is 6.48. The minimum atomic E-state index is 0.0722. The van der Waals surface area contributed by atoms with Crippen LogP contribution in [0.4, 0.5) is 0 Å². The van der Waals surface area contributed by atoms with E-state index >= 15 is 0 Å². The van der Waals surface area contributed by atoms with Crippen LogP contribution in [0.25, 0.3) is 11.0 Å². The molecule has 1 saturated carbocycles. The van der Waals surface area contributed by atoms with E-state index < -0.39 is 0 Å². The smallest absolute Gasteiger partial charge is 0.242 e. The molecule has 2 aromatic rings. The van der Waals surface area contributed by atoms with Crippen LogP contribution in [-0.2, 0) is 22.7 Å². The fourth-order valence-electron chi connectivity index (χ4n) is 3.92. The summed E-state index contributed by atoms with van der Waals surface area (Å²) in [6, 6.07) is 7.81. The van der Waals surface area contributed by atoms with Crippen LogP contribution in [0, 0.1) is 5.92 Å². The molecule has 3 rings (SSSR count). The SMILES string of the molecule is CCN(CC)C(=O)Cn1c(CNC(=O)C2CCCCC2)nc2ccccc21. The topological polar surface area (TPSA) is 67.2 Å². The number of likely N-dealkylation sites (N-methyl/N-ethyl adjacent to an activating group) is 1. The first-order valence-corrected chi connectivity index (χ1v) is 10.1. The summed E-state index contributed by atoms with van der Waals surface area (Å²) in [4.78, 5) is 31.6. The molecule has 0 atom stereocenters. The minimum absolute atomic E-state index is 0.0722. The monoisotopic (exact) mass is 370 g/mol. The molecule has 0 radical (unpaired) electrons. The van der Waals surface area contributed by atoms with Gasteiger partial charge in [-0.1, -0.05) is 31.4 Å². The van der Waals surface area contributed by atoms with Crippen LogP contribution in [0.15, 0.2) is 24.3 Å². The van der Waals surface area contributed by atoms with Gasteiger partial charge in [-0.2, -0.15) is 0 Å². The Labute approximate surface area is 160 Å². The van der Waals surface area contributed by atoms with Gasteiger partial charge in [-0.3, -0.25) is 9.59 Å². The molecule has 0 spiro atoms. The molecule has 1 aliphatic rings. The Bertz CT molecular complexity index is 789. The van der Waals surface area contributed by atoms with Crippen molar-refractivity contribution >= 4 is 22.8 Å². The van der Waals surface area contributed by atoms with Crippen LogP contribution < -0.4 is 5.32 Å². The van der Waals surface area contributed by atoms with Crippen molar-refractivity contribution in [1.29, 1.82) is 0 Å². The summed E-state index contributed by atoms with van der Waals surface area (Å²) in [6.45, 7) is 5.95. The van der Waals surface area contributed by atoms with Crippen molar-refractivity contribution in [2.24, 2.45) is 5.92 Å². The molecular weight excluding hydrogens is 340 g/mol. The van der Waals surface area contributed by atoms with Crippen molar-refractivity contribution in [3.05, 3.63) is 30.1 Å². The van der Waals surface area contributed by atoms with Crippen LogP contribution in [0.1, 0.15) is 51.8 Å². The molecule has 0 aliphatic heterocycles. The molecule has 0 saturated heterocycles. The lowest BCUT2D eigenvalue weighted by molar-refractivity contribution is -0.131. The Hall–Kier alpha value is -2.37. The van der Waals surface area contributed by atoms with Gasteiger partial charge in [-0.25, -0.2) is 4.98 Å². The quantitative estimate of drug-likeness (QED) is 0.814. The van der Waals surface area contributed by atoms with Gasteiger partial charge < -0.3 is 14.8 Å². The molecular formula is C21H30N4O2. The zero-order valence-corrected chi connectivity index (χ0v) is 16.4. The number of fused-ring (bicyclic) bond motifs is 1. The van der Waals surface area contributed by atoms with Gasteiger partial charge in [0.2, 0.25) is 11.8 Å². The number of carbonyl (C=O) groups excluding carboxylic acids is 2. The van der Waals surface area contributed by atoms with E-state index in [1.165, 1.54) is 6.42 Å². The second kappa shape index (κ2) is 9.02. The van der Waals surface area contributed by atoms with Gasteiger partial charge in [0.15, 0.2) is 0 Å². The van der Waals surface area contributed by atoms with Crippen molar-refractivity contribution in [1.82, 2.24) is 19.8 Å². The summed E-state index contributed by atoms with van der Waals surface area (Å²) in [6.07, 6.45) is 5.45. The first kappa shape index (κ1) is 19.4. The van der Waals surface area contributed by atoms with Crippen molar-refractivity contribution < 1.29 is 9.59 Å². The zero-order valence-electron chi connectivity index (χ0n) is 16.4. The maximum Gasteiger partial charge on any atom is 0.242 e. The number of aromatic nitrogens is 2.